The number of rotatable bonds is 3. The van der Waals surface area contributed by atoms with E-state index in [1.807, 2.05) is 19.9 Å². The monoisotopic (exact) mass is 263 g/mol. The minimum Gasteiger partial charge on any atom is -0.367 e. The highest BCUT2D eigenvalue weighted by atomic mass is 16.6. The zero-order valence-corrected chi connectivity index (χ0v) is 11.5. The summed E-state index contributed by atoms with van der Waals surface area (Å²) >= 11 is 0. The number of nitrogens with zero attached hydrogens (tertiary/aromatic N) is 2. The Labute approximate surface area is 113 Å². The van der Waals surface area contributed by atoms with E-state index in [2.05, 4.69) is 4.90 Å². The molecule has 1 aromatic carbocycles. The fraction of sp³-hybridized carbons (Fsp3) is 0.571. The van der Waals surface area contributed by atoms with E-state index < -0.39 is 0 Å². The molecule has 2 rings (SSSR count). The lowest BCUT2D eigenvalue weighted by atomic mass is 9.95. The van der Waals surface area contributed by atoms with Gasteiger partial charge in [0.1, 0.15) is 0 Å². The van der Waals surface area contributed by atoms with Crippen LogP contribution < -0.4 is 10.6 Å². The third-order valence-electron chi connectivity index (χ3n) is 3.86. The van der Waals surface area contributed by atoms with Crippen molar-refractivity contribution in [3.05, 3.63) is 33.9 Å². The largest absolute Gasteiger partial charge is 0.367 e. The number of benzene rings is 1. The van der Waals surface area contributed by atoms with Gasteiger partial charge in [0, 0.05) is 36.4 Å². The van der Waals surface area contributed by atoms with Gasteiger partial charge in [-0.3, -0.25) is 10.1 Å². The quantitative estimate of drug-likeness (QED) is 0.672. The van der Waals surface area contributed by atoms with Crippen molar-refractivity contribution in [1.29, 1.82) is 0 Å². The van der Waals surface area contributed by atoms with E-state index in [-0.39, 0.29) is 16.7 Å². The molecule has 1 aliphatic heterocycles. The summed E-state index contributed by atoms with van der Waals surface area (Å²) in [6.07, 6.45) is 3.45. The summed E-state index contributed by atoms with van der Waals surface area (Å²) in [5.74, 6) is 0. The summed E-state index contributed by atoms with van der Waals surface area (Å²) in [6.45, 7) is 4.93. The number of hydrogen-bond donors (Lipinski definition) is 1. The second-order valence-corrected chi connectivity index (χ2v) is 5.34. The molecule has 1 aliphatic rings. The molecule has 0 bridgehead atoms. The number of anilines is 1. The van der Waals surface area contributed by atoms with Crippen molar-refractivity contribution in [2.45, 2.75) is 45.2 Å². The SMILES string of the molecule is Cc1cc([N+](=O)[O-])ccc1N1CCCCC1C(C)N. The zero-order valence-electron chi connectivity index (χ0n) is 11.5. The van der Waals surface area contributed by atoms with Crippen LogP contribution in [0.2, 0.25) is 0 Å². The van der Waals surface area contributed by atoms with E-state index in [9.17, 15) is 10.1 Å². The highest BCUT2D eigenvalue weighted by Gasteiger charge is 2.27. The molecule has 0 aliphatic carbocycles. The van der Waals surface area contributed by atoms with Crippen LogP contribution in [0, 0.1) is 17.0 Å². The highest BCUT2D eigenvalue weighted by molar-refractivity contribution is 5.58. The average Bonchev–Trinajstić information content (AvgIpc) is 2.38. The number of aryl methyl sites for hydroxylation is 1. The lowest BCUT2D eigenvalue weighted by Gasteiger charge is -2.40. The van der Waals surface area contributed by atoms with Gasteiger partial charge in [0.15, 0.2) is 0 Å². The maximum atomic E-state index is 10.8. The molecule has 2 atom stereocenters. The zero-order chi connectivity index (χ0) is 14.0. The van der Waals surface area contributed by atoms with Crippen LogP contribution in [-0.4, -0.2) is 23.6 Å². The Bertz CT molecular complexity index is 474. The second kappa shape index (κ2) is 5.57. The summed E-state index contributed by atoms with van der Waals surface area (Å²) < 4.78 is 0. The average molecular weight is 263 g/mol. The van der Waals surface area contributed by atoms with Crippen LogP contribution in [0.15, 0.2) is 18.2 Å². The molecule has 5 nitrogen and oxygen atoms in total. The lowest BCUT2D eigenvalue weighted by molar-refractivity contribution is -0.384. The first-order chi connectivity index (χ1) is 9.00. The number of non-ortho nitro benzene ring substituents is 1. The van der Waals surface area contributed by atoms with Crippen LogP contribution in [0.3, 0.4) is 0 Å². The third-order valence-corrected chi connectivity index (χ3v) is 3.86. The molecule has 0 saturated carbocycles. The van der Waals surface area contributed by atoms with E-state index in [1.165, 1.54) is 6.42 Å². The van der Waals surface area contributed by atoms with E-state index >= 15 is 0 Å². The standard InChI is InChI=1S/C14H21N3O2/c1-10-9-12(17(18)19)6-7-13(10)16-8-4-3-5-14(16)11(2)15/h6-7,9,11,14H,3-5,8,15H2,1-2H3. The molecule has 2 N–H and O–H groups in total. The lowest BCUT2D eigenvalue weighted by Crippen LogP contribution is -2.49. The minimum absolute atomic E-state index is 0.106. The third kappa shape index (κ3) is 2.87. The van der Waals surface area contributed by atoms with Crippen molar-refractivity contribution >= 4 is 11.4 Å². The number of nitro groups is 1. The molecule has 0 amide bonds. The first-order valence-electron chi connectivity index (χ1n) is 6.78. The summed E-state index contributed by atoms with van der Waals surface area (Å²) in [6, 6.07) is 5.51. The smallest absolute Gasteiger partial charge is 0.269 e. The molecule has 0 spiro atoms. The van der Waals surface area contributed by atoms with Crippen molar-refractivity contribution in [2.24, 2.45) is 5.73 Å². The molecular weight excluding hydrogens is 242 g/mol. The van der Waals surface area contributed by atoms with Crippen LogP contribution >= 0.6 is 0 Å². The Morgan fingerprint density at radius 1 is 1.47 bits per heavy atom. The molecule has 1 fully saturated rings. The van der Waals surface area contributed by atoms with Crippen LogP contribution in [0.5, 0.6) is 0 Å². The number of nitrogens with two attached hydrogens (primary N) is 1. The van der Waals surface area contributed by atoms with Crippen LogP contribution in [0.25, 0.3) is 0 Å². The van der Waals surface area contributed by atoms with Gasteiger partial charge in [-0.15, -0.1) is 0 Å². The van der Waals surface area contributed by atoms with Gasteiger partial charge in [-0.1, -0.05) is 0 Å². The van der Waals surface area contributed by atoms with Crippen LogP contribution in [0.4, 0.5) is 11.4 Å². The molecule has 1 saturated heterocycles. The maximum Gasteiger partial charge on any atom is 0.269 e. The van der Waals surface area contributed by atoms with Gasteiger partial charge in [-0.05, 0) is 44.7 Å². The minimum atomic E-state index is -0.351. The fourth-order valence-corrected chi connectivity index (χ4v) is 2.88. The van der Waals surface area contributed by atoms with Crippen LogP contribution in [0.1, 0.15) is 31.7 Å². The Balaban J connectivity index is 2.31. The number of nitro benzene ring substituents is 1. The van der Waals surface area contributed by atoms with Crippen LogP contribution in [-0.2, 0) is 0 Å². The molecule has 1 aromatic rings. The fourth-order valence-electron chi connectivity index (χ4n) is 2.88. The first kappa shape index (κ1) is 13.8. The summed E-state index contributed by atoms with van der Waals surface area (Å²) in [7, 11) is 0. The molecule has 5 heteroatoms. The molecule has 2 unspecified atom stereocenters. The van der Waals surface area contributed by atoms with Gasteiger partial charge in [-0.2, -0.15) is 0 Å². The van der Waals surface area contributed by atoms with Crippen molar-refractivity contribution in [3.63, 3.8) is 0 Å². The first-order valence-corrected chi connectivity index (χ1v) is 6.78. The van der Waals surface area contributed by atoms with Crippen molar-refractivity contribution in [2.75, 3.05) is 11.4 Å². The van der Waals surface area contributed by atoms with Gasteiger partial charge in [0.05, 0.1) is 4.92 Å². The molecule has 104 valence electrons. The Morgan fingerprint density at radius 3 is 2.79 bits per heavy atom. The number of piperidine rings is 1. The van der Waals surface area contributed by atoms with Gasteiger partial charge in [0.2, 0.25) is 0 Å². The second-order valence-electron chi connectivity index (χ2n) is 5.34. The number of hydrogen-bond acceptors (Lipinski definition) is 4. The molecule has 19 heavy (non-hydrogen) atoms. The van der Waals surface area contributed by atoms with E-state index in [0.29, 0.717) is 6.04 Å². The van der Waals surface area contributed by atoms with Gasteiger partial charge >= 0.3 is 0 Å². The maximum absolute atomic E-state index is 10.8. The Morgan fingerprint density at radius 2 is 2.21 bits per heavy atom. The van der Waals surface area contributed by atoms with Crippen molar-refractivity contribution < 1.29 is 4.92 Å². The van der Waals surface area contributed by atoms with Gasteiger partial charge in [0.25, 0.3) is 5.69 Å². The topological polar surface area (TPSA) is 72.4 Å². The van der Waals surface area contributed by atoms with Gasteiger partial charge < -0.3 is 10.6 Å². The Hall–Kier alpha value is -1.62. The van der Waals surface area contributed by atoms with E-state index in [4.69, 9.17) is 5.73 Å². The Kier molecular flexibility index (Phi) is 4.04. The summed E-state index contributed by atoms with van der Waals surface area (Å²) in [4.78, 5) is 12.7. The predicted molar refractivity (Wildman–Crippen MR) is 76.5 cm³/mol. The van der Waals surface area contributed by atoms with E-state index in [1.54, 1.807) is 12.1 Å². The summed E-state index contributed by atoms with van der Waals surface area (Å²) in [5.41, 5.74) is 8.24. The molecule has 0 aromatic heterocycles. The van der Waals surface area contributed by atoms with E-state index in [0.717, 1.165) is 30.6 Å². The molecule has 0 radical (unpaired) electrons. The van der Waals surface area contributed by atoms with Crippen molar-refractivity contribution in [1.82, 2.24) is 0 Å². The van der Waals surface area contributed by atoms with Crippen molar-refractivity contribution in [3.8, 4) is 0 Å². The predicted octanol–water partition coefficient (Wildman–Crippen LogP) is 2.61. The molecule has 1 heterocycles. The summed E-state index contributed by atoms with van der Waals surface area (Å²) in [5, 5.41) is 10.8. The highest BCUT2D eigenvalue weighted by Crippen LogP contribution is 2.30. The molecular formula is C14H21N3O2. The normalized spacial score (nSPS) is 21.2. The van der Waals surface area contributed by atoms with Gasteiger partial charge in [-0.25, -0.2) is 0 Å².